The average molecular weight is 386 g/mol. The zero-order valence-corrected chi connectivity index (χ0v) is 16.4. The molecule has 2 aromatic rings. The van der Waals surface area contributed by atoms with Crippen LogP contribution in [0.1, 0.15) is 51.4 Å². The van der Waals surface area contributed by atoms with Gasteiger partial charge in [-0.15, -0.1) is 11.3 Å². The number of hydrogen-bond acceptors (Lipinski definition) is 5. The van der Waals surface area contributed by atoms with E-state index < -0.39 is 5.97 Å². The Balaban J connectivity index is 1.87. The van der Waals surface area contributed by atoms with Gasteiger partial charge in [-0.05, 0) is 55.0 Å². The maximum absolute atomic E-state index is 13.0. The molecule has 1 unspecified atom stereocenters. The van der Waals surface area contributed by atoms with Gasteiger partial charge in [0, 0.05) is 17.5 Å². The number of nitrogens with one attached hydrogen (secondary N) is 2. The summed E-state index contributed by atoms with van der Waals surface area (Å²) >= 11 is 1.49. The van der Waals surface area contributed by atoms with E-state index in [0.717, 1.165) is 24.8 Å². The first-order valence-electron chi connectivity index (χ1n) is 8.81. The minimum atomic E-state index is -0.429. The molecule has 142 valence electrons. The summed E-state index contributed by atoms with van der Waals surface area (Å²) in [6.45, 7) is 3.64. The molecule has 2 amide bonds. The predicted octanol–water partition coefficient (Wildman–Crippen LogP) is 3.87. The SMILES string of the molecule is COC(=O)c1ccc(NC(=O)c2c(NC(C)=O)sc3c2CCC(C)C3)cc1. The normalized spacial score (nSPS) is 15.6. The Morgan fingerprint density at radius 2 is 1.85 bits per heavy atom. The molecule has 3 rings (SSSR count). The number of fused-ring (bicyclic) bond motifs is 1. The number of carbonyl (C=O) groups excluding carboxylic acids is 3. The number of ether oxygens (including phenoxy) is 1. The summed E-state index contributed by atoms with van der Waals surface area (Å²) in [6.07, 6.45) is 2.78. The van der Waals surface area contributed by atoms with Gasteiger partial charge in [-0.3, -0.25) is 9.59 Å². The van der Waals surface area contributed by atoms with Gasteiger partial charge in [0.15, 0.2) is 0 Å². The Bertz CT molecular complexity index is 886. The second-order valence-electron chi connectivity index (χ2n) is 6.76. The number of esters is 1. The van der Waals surface area contributed by atoms with Crippen molar-refractivity contribution in [1.82, 2.24) is 0 Å². The van der Waals surface area contributed by atoms with Crippen molar-refractivity contribution < 1.29 is 19.1 Å². The predicted molar refractivity (Wildman–Crippen MR) is 106 cm³/mol. The van der Waals surface area contributed by atoms with E-state index in [1.807, 2.05) is 0 Å². The number of benzene rings is 1. The molecule has 0 aliphatic heterocycles. The van der Waals surface area contributed by atoms with Crippen LogP contribution in [0.2, 0.25) is 0 Å². The van der Waals surface area contributed by atoms with Crippen LogP contribution in [0.25, 0.3) is 0 Å². The molecular formula is C20H22N2O4S. The van der Waals surface area contributed by atoms with E-state index in [9.17, 15) is 14.4 Å². The van der Waals surface area contributed by atoms with Crippen molar-refractivity contribution in [3.8, 4) is 0 Å². The summed E-state index contributed by atoms with van der Waals surface area (Å²) < 4.78 is 4.67. The first-order chi connectivity index (χ1) is 12.9. The van der Waals surface area contributed by atoms with E-state index in [0.29, 0.717) is 27.7 Å². The molecule has 1 aromatic carbocycles. The Morgan fingerprint density at radius 1 is 1.15 bits per heavy atom. The van der Waals surface area contributed by atoms with E-state index in [4.69, 9.17) is 0 Å². The van der Waals surface area contributed by atoms with Crippen molar-refractivity contribution in [2.24, 2.45) is 5.92 Å². The van der Waals surface area contributed by atoms with Crippen molar-refractivity contribution in [2.75, 3.05) is 17.7 Å². The van der Waals surface area contributed by atoms with Crippen molar-refractivity contribution in [3.63, 3.8) is 0 Å². The lowest BCUT2D eigenvalue weighted by Gasteiger charge is -2.18. The fourth-order valence-corrected chi connectivity index (χ4v) is 4.69. The molecule has 1 heterocycles. The third-order valence-corrected chi connectivity index (χ3v) is 5.76. The van der Waals surface area contributed by atoms with E-state index >= 15 is 0 Å². The van der Waals surface area contributed by atoms with Crippen molar-refractivity contribution in [2.45, 2.75) is 33.1 Å². The summed E-state index contributed by atoms with van der Waals surface area (Å²) in [4.78, 5) is 37.2. The summed E-state index contributed by atoms with van der Waals surface area (Å²) in [5.41, 5.74) is 2.57. The Morgan fingerprint density at radius 3 is 2.48 bits per heavy atom. The lowest BCUT2D eigenvalue weighted by atomic mass is 9.88. The van der Waals surface area contributed by atoms with Gasteiger partial charge in [0.05, 0.1) is 18.2 Å². The van der Waals surface area contributed by atoms with Crippen LogP contribution in [0.4, 0.5) is 10.7 Å². The van der Waals surface area contributed by atoms with Crippen molar-refractivity contribution in [1.29, 1.82) is 0 Å². The molecule has 0 saturated heterocycles. The summed E-state index contributed by atoms with van der Waals surface area (Å²) in [7, 11) is 1.32. The molecular weight excluding hydrogens is 364 g/mol. The smallest absolute Gasteiger partial charge is 0.337 e. The van der Waals surface area contributed by atoms with Gasteiger partial charge < -0.3 is 15.4 Å². The van der Waals surface area contributed by atoms with E-state index in [2.05, 4.69) is 22.3 Å². The van der Waals surface area contributed by atoms with Crippen LogP contribution in [0.15, 0.2) is 24.3 Å². The molecule has 0 fully saturated rings. The van der Waals surface area contributed by atoms with E-state index in [-0.39, 0.29) is 11.8 Å². The molecule has 0 bridgehead atoms. The molecule has 1 aliphatic rings. The Labute approximate surface area is 161 Å². The number of amides is 2. The van der Waals surface area contributed by atoms with Crippen molar-refractivity contribution >= 4 is 39.8 Å². The Kier molecular flexibility index (Phi) is 5.60. The molecule has 0 saturated carbocycles. The second kappa shape index (κ2) is 7.92. The number of rotatable bonds is 4. The van der Waals surface area contributed by atoms with Gasteiger partial charge in [-0.25, -0.2) is 4.79 Å². The topological polar surface area (TPSA) is 84.5 Å². The zero-order chi connectivity index (χ0) is 19.6. The maximum atomic E-state index is 13.0. The van der Waals surface area contributed by atoms with Crippen LogP contribution in [0, 0.1) is 5.92 Å². The highest BCUT2D eigenvalue weighted by molar-refractivity contribution is 7.17. The fourth-order valence-electron chi connectivity index (χ4n) is 3.24. The highest BCUT2D eigenvalue weighted by Gasteiger charge is 2.28. The summed E-state index contributed by atoms with van der Waals surface area (Å²) in [5, 5.41) is 6.27. The van der Waals surface area contributed by atoms with Crippen LogP contribution in [-0.2, 0) is 22.4 Å². The monoisotopic (exact) mass is 386 g/mol. The summed E-state index contributed by atoms with van der Waals surface area (Å²) in [5.74, 6) is -0.306. The highest BCUT2D eigenvalue weighted by Crippen LogP contribution is 2.40. The van der Waals surface area contributed by atoms with Crippen LogP contribution in [-0.4, -0.2) is 24.9 Å². The standard InChI is InChI=1S/C20H22N2O4S/c1-11-4-9-15-16(10-11)27-19(21-12(2)23)17(15)18(24)22-14-7-5-13(6-8-14)20(25)26-3/h5-8,11H,4,9-10H2,1-3H3,(H,21,23)(H,22,24). The lowest BCUT2D eigenvalue weighted by Crippen LogP contribution is -2.18. The molecule has 1 aliphatic carbocycles. The van der Waals surface area contributed by atoms with E-state index in [1.165, 1.54) is 30.2 Å². The number of anilines is 2. The van der Waals surface area contributed by atoms with Gasteiger partial charge in [0.25, 0.3) is 5.91 Å². The molecule has 7 heteroatoms. The molecule has 1 aromatic heterocycles. The van der Waals surface area contributed by atoms with Crippen molar-refractivity contribution in [3.05, 3.63) is 45.8 Å². The lowest BCUT2D eigenvalue weighted by molar-refractivity contribution is -0.114. The second-order valence-corrected chi connectivity index (χ2v) is 7.87. The minimum Gasteiger partial charge on any atom is -0.465 e. The van der Waals surface area contributed by atoms with E-state index in [1.54, 1.807) is 24.3 Å². The van der Waals surface area contributed by atoms with Gasteiger partial charge in [-0.1, -0.05) is 6.92 Å². The van der Waals surface area contributed by atoms with Gasteiger partial charge in [-0.2, -0.15) is 0 Å². The van der Waals surface area contributed by atoms with Gasteiger partial charge in [0.2, 0.25) is 5.91 Å². The fraction of sp³-hybridized carbons (Fsp3) is 0.350. The molecule has 6 nitrogen and oxygen atoms in total. The molecule has 2 N–H and O–H groups in total. The van der Waals surface area contributed by atoms with Gasteiger partial charge in [0.1, 0.15) is 5.00 Å². The molecule has 0 spiro atoms. The third kappa shape index (κ3) is 4.19. The van der Waals surface area contributed by atoms with Crippen LogP contribution in [0.3, 0.4) is 0 Å². The number of hydrogen-bond donors (Lipinski definition) is 2. The quantitative estimate of drug-likeness (QED) is 0.781. The highest BCUT2D eigenvalue weighted by atomic mass is 32.1. The van der Waals surface area contributed by atoms with Gasteiger partial charge >= 0.3 is 5.97 Å². The number of methoxy groups -OCH3 is 1. The zero-order valence-electron chi connectivity index (χ0n) is 15.5. The van der Waals surface area contributed by atoms with Crippen LogP contribution >= 0.6 is 11.3 Å². The average Bonchev–Trinajstić information content (AvgIpc) is 2.97. The Hall–Kier alpha value is -2.67. The number of thiophene rings is 1. The summed E-state index contributed by atoms with van der Waals surface area (Å²) in [6, 6.07) is 6.51. The largest absolute Gasteiger partial charge is 0.465 e. The maximum Gasteiger partial charge on any atom is 0.337 e. The molecule has 0 radical (unpaired) electrons. The van der Waals surface area contributed by atoms with Crippen LogP contribution in [0.5, 0.6) is 0 Å². The molecule has 1 atom stereocenters. The first-order valence-corrected chi connectivity index (χ1v) is 9.62. The third-order valence-electron chi connectivity index (χ3n) is 4.59. The number of carbonyl (C=O) groups is 3. The first kappa shape index (κ1) is 19.1. The molecule has 27 heavy (non-hydrogen) atoms. The minimum absolute atomic E-state index is 0.196. The van der Waals surface area contributed by atoms with Crippen LogP contribution < -0.4 is 10.6 Å².